The van der Waals surface area contributed by atoms with Gasteiger partial charge in [-0.05, 0) is 45.7 Å². The van der Waals surface area contributed by atoms with Crippen LogP contribution >= 0.6 is 0 Å². The molecule has 2 N–H and O–H groups in total. The predicted octanol–water partition coefficient (Wildman–Crippen LogP) is 2.17. The van der Waals surface area contributed by atoms with E-state index in [9.17, 15) is 5.11 Å². The molecule has 0 radical (unpaired) electrons. The topological polar surface area (TPSA) is 44.7 Å². The summed E-state index contributed by atoms with van der Waals surface area (Å²) in [6.07, 6.45) is 2.95. The molecule has 4 heteroatoms. The largest absolute Gasteiger partial charge is 0.493 e. The smallest absolute Gasteiger partial charge is 0.126 e. The van der Waals surface area contributed by atoms with E-state index in [0.717, 1.165) is 44.7 Å². The van der Waals surface area contributed by atoms with Crippen molar-refractivity contribution < 1.29 is 9.84 Å². The summed E-state index contributed by atoms with van der Waals surface area (Å²) in [5.41, 5.74) is 3.14. The molecule has 2 atom stereocenters. The summed E-state index contributed by atoms with van der Waals surface area (Å²) in [4.78, 5) is 2.19. The number of aryl methyl sites for hydroxylation is 2. The molecule has 3 rings (SSSR count). The molecule has 4 nitrogen and oxygen atoms in total. The first kappa shape index (κ1) is 15.8. The molecule has 0 spiro atoms. The third-order valence-corrected chi connectivity index (χ3v) is 4.91. The maximum atomic E-state index is 10.7. The van der Waals surface area contributed by atoms with Crippen molar-refractivity contribution in [3.63, 3.8) is 0 Å². The van der Waals surface area contributed by atoms with Gasteiger partial charge in [0.15, 0.2) is 0 Å². The molecule has 2 aliphatic heterocycles. The number of ether oxygens (including phenoxy) is 1. The van der Waals surface area contributed by atoms with Gasteiger partial charge in [0.25, 0.3) is 0 Å². The van der Waals surface area contributed by atoms with Crippen molar-refractivity contribution in [3.05, 3.63) is 28.8 Å². The zero-order valence-electron chi connectivity index (χ0n) is 14.0. The van der Waals surface area contributed by atoms with Crippen molar-refractivity contribution in [1.29, 1.82) is 0 Å². The molecule has 0 unspecified atom stereocenters. The molecule has 2 heterocycles. The Labute approximate surface area is 133 Å². The Balaban J connectivity index is 1.77. The number of aliphatic hydroxyl groups is 1. The van der Waals surface area contributed by atoms with E-state index in [-0.39, 0.29) is 6.04 Å². The molecule has 0 bridgehead atoms. The number of nitrogens with one attached hydrogen (secondary N) is 1. The third kappa shape index (κ3) is 3.29. The molecular formula is C18H28N2O2. The average Bonchev–Trinajstić information content (AvgIpc) is 2.68. The highest BCUT2D eigenvalue weighted by Crippen LogP contribution is 2.35. The fraction of sp³-hybridized carbons (Fsp3) is 0.667. The van der Waals surface area contributed by atoms with Crippen molar-refractivity contribution in [2.45, 2.75) is 44.8 Å². The molecule has 2 aliphatic rings. The van der Waals surface area contributed by atoms with Crippen LogP contribution in [0.5, 0.6) is 5.75 Å². The first-order chi connectivity index (χ1) is 10.5. The number of hydrogen-bond donors (Lipinski definition) is 2. The minimum absolute atomic E-state index is 0.269. The molecule has 0 aromatic heterocycles. The Kier molecular flexibility index (Phi) is 4.44. The summed E-state index contributed by atoms with van der Waals surface area (Å²) in [5.74, 6) is 1.04. The number of likely N-dealkylation sites (tertiary alicyclic amines) is 1. The molecule has 1 aromatic carbocycles. The molecular weight excluding hydrogens is 276 g/mol. The molecule has 1 fully saturated rings. The number of hydrogen-bond acceptors (Lipinski definition) is 4. The zero-order chi connectivity index (χ0) is 15.7. The molecule has 122 valence electrons. The Bertz CT molecular complexity index is 546. The third-order valence-electron chi connectivity index (χ3n) is 4.91. The van der Waals surface area contributed by atoms with E-state index in [1.165, 1.54) is 16.7 Å². The number of benzene rings is 1. The van der Waals surface area contributed by atoms with Gasteiger partial charge in [0.1, 0.15) is 5.75 Å². The van der Waals surface area contributed by atoms with Crippen LogP contribution in [0.2, 0.25) is 0 Å². The van der Waals surface area contributed by atoms with Gasteiger partial charge < -0.3 is 20.1 Å². The minimum Gasteiger partial charge on any atom is -0.493 e. The highest BCUT2D eigenvalue weighted by atomic mass is 16.5. The van der Waals surface area contributed by atoms with Crippen LogP contribution < -0.4 is 10.1 Å². The van der Waals surface area contributed by atoms with Gasteiger partial charge in [0, 0.05) is 31.2 Å². The highest BCUT2D eigenvalue weighted by Gasteiger charge is 2.35. The van der Waals surface area contributed by atoms with E-state index in [0.29, 0.717) is 6.54 Å². The molecule has 1 saturated heterocycles. The van der Waals surface area contributed by atoms with E-state index in [1.54, 1.807) is 0 Å². The molecule has 0 aliphatic carbocycles. The van der Waals surface area contributed by atoms with Crippen molar-refractivity contribution in [1.82, 2.24) is 10.2 Å². The van der Waals surface area contributed by atoms with Gasteiger partial charge in [-0.15, -0.1) is 0 Å². The second-order valence-corrected chi connectivity index (χ2v) is 7.14. The maximum absolute atomic E-state index is 10.7. The van der Waals surface area contributed by atoms with E-state index in [4.69, 9.17) is 4.74 Å². The summed E-state index contributed by atoms with van der Waals surface area (Å²) in [7, 11) is 2.07. The van der Waals surface area contributed by atoms with Crippen LogP contribution in [-0.2, 0) is 0 Å². The maximum Gasteiger partial charge on any atom is 0.126 e. The Hall–Kier alpha value is -1.10. The molecule has 0 amide bonds. The summed E-state index contributed by atoms with van der Waals surface area (Å²) in [6, 6.07) is 4.68. The number of β-amino-alcohol motifs (C(OH)–C–C–N with tert-alkyl or cyclic N) is 1. The lowest BCUT2D eigenvalue weighted by atomic mass is 9.96. The van der Waals surface area contributed by atoms with Crippen LogP contribution in [0.25, 0.3) is 0 Å². The monoisotopic (exact) mass is 304 g/mol. The van der Waals surface area contributed by atoms with E-state index >= 15 is 0 Å². The van der Waals surface area contributed by atoms with E-state index < -0.39 is 5.60 Å². The van der Waals surface area contributed by atoms with Crippen LogP contribution in [0.15, 0.2) is 12.1 Å². The SMILES string of the molecule is Cc1cc(C)c2c(c1)[C@H](NC[C@@]1(O)CCN(C)C1)CCCO2. The van der Waals surface area contributed by atoms with Crippen molar-refractivity contribution in [2.75, 3.05) is 33.3 Å². The lowest BCUT2D eigenvalue weighted by molar-refractivity contribution is 0.0486. The number of fused-ring (bicyclic) bond motifs is 1. The highest BCUT2D eigenvalue weighted by molar-refractivity contribution is 5.46. The zero-order valence-corrected chi connectivity index (χ0v) is 14.0. The lowest BCUT2D eigenvalue weighted by Crippen LogP contribution is -2.43. The first-order valence-electron chi connectivity index (χ1n) is 8.35. The fourth-order valence-electron chi connectivity index (χ4n) is 3.79. The summed E-state index contributed by atoms with van der Waals surface area (Å²) < 4.78 is 5.97. The minimum atomic E-state index is -0.596. The first-order valence-corrected chi connectivity index (χ1v) is 8.35. The molecule has 1 aromatic rings. The van der Waals surface area contributed by atoms with Crippen molar-refractivity contribution in [2.24, 2.45) is 0 Å². The van der Waals surface area contributed by atoms with Gasteiger partial charge >= 0.3 is 0 Å². The van der Waals surface area contributed by atoms with Gasteiger partial charge in [-0.3, -0.25) is 0 Å². The number of rotatable bonds is 3. The normalized spacial score (nSPS) is 29.0. The Morgan fingerprint density at radius 2 is 2.23 bits per heavy atom. The van der Waals surface area contributed by atoms with Crippen molar-refractivity contribution in [3.8, 4) is 5.75 Å². The van der Waals surface area contributed by atoms with Gasteiger partial charge in [0.2, 0.25) is 0 Å². The van der Waals surface area contributed by atoms with Crippen LogP contribution in [0.4, 0.5) is 0 Å². The van der Waals surface area contributed by atoms with Gasteiger partial charge in [0.05, 0.1) is 12.2 Å². The summed E-state index contributed by atoms with van der Waals surface area (Å²) in [6.45, 7) is 7.41. The van der Waals surface area contributed by atoms with Gasteiger partial charge in [-0.1, -0.05) is 17.7 Å². The summed E-state index contributed by atoms with van der Waals surface area (Å²) >= 11 is 0. The predicted molar refractivity (Wildman–Crippen MR) is 88.5 cm³/mol. The van der Waals surface area contributed by atoms with Gasteiger partial charge in [-0.25, -0.2) is 0 Å². The fourth-order valence-corrected chi connectivity index (χ4v) is 3.79. The number of likely N-dealkylation sites (N-methyl/N-ethyl adjacent to an activating group) is 1. The Morgan fingerprint density at radius 3 is 2.95 bits per heavy atom. The second-order valence-electron chi connectivity index (χ2n) is 7.14. The quantitative estimate of drug-likeness (QED) is 0.898. The van der Waals surface area contributed by atoms with Gasteiger partial charge in [-0.2, -0.15) is 0 Å². The Morgan fingerprint density at radius 1 is 1.41 bits per heavy atom. The molecule has 22 heavy (non-hydrogen) atoms. The van der Waals surface area contributed by atoms with Crippen LogP contribution in [0, 0.1) is 13.8 Å². The average molecular weight is 304 g/mol. The van der Waals surface area contributed by atoms with Crippen LogP contribution in [-0.4, -0.2) is 48.9 Å². The number of nitrogens with zero attached hydrogens (tertiary/aromatic N) is 1. The van der Waals surface area contributed by atoms with Crippen LogP contribution in [0.1, 0.15) is 42.0 Å². The lowest BCUT2D eigenvalue weighted by Gasteiger charge is -2.27. The second kappa shape index (κ2) is 6.19. The standard InChI is InChI=1S/C18H28N2O2/c1-13-9-14(2)17-15(10-13)16(5-4-8-22-17)19-11-18(21)6-7-20(3)12-18/h9-10,16,19,21H,4-8,11-12H2,1-3H3/t16-,18+/m1/s1. The summed E-state index contributed by atoms with van der Waals surface area (Å²) in [5, 5.41) is 14.3. The van der Waals surface area contributed by atoms with E-state index in [1.807, 2.05) is 0 Å². The van der Waals surface area contributed by atoms with Crippen molar-refractivity contribution >= 4 is 0 Å². The van der Waals surface area contributed by atoms with E-state index in [2.05, 4.69) is 43.2 Å². The van der Waals surface area contributed by atoms with Crippen LogP contribution in [0.3, 0.4) is 0 Å². The molecule has 0 saturated carbocycles.